The van der Waals surface area contributed by atoms with Crippen molar-refractivity contribution in [3.8, 4) is 79.6 Å². The molecule has 0 spiro atoms. The molecule has 0 amide bonds. The van der Waals surface area contributed by atoms with E-state index in [-0.39, 0.29) is 57.1 Å². The first-order chi connectivity index (χ1) is 20.6. The van der Waals surface area contributed by atoms with Crippen LogP contribution in [0.1, 0.15) is 16.7 Å². The number of phenolic OH excluding ortho intramolecular Hbond substituents is 6. The molecule has 6 N–H and O–H groups in total. The summed E-state index contributed by atoms with van der Waals surface area (Å²) in [6, 6.07) is 20.0. The Morgan fingerprint density at radius 2 is 1.40 bits per heavy atom. The van der Waals surface area contributed by atoms with Gasteiger partial charge in [0.15, 0.2) is 11.3 Å². The van der Waals surface area contributed by atoms with E-state index in [1.807, 2.05) is 0 Å². The van der Waals surface area contributed by atoms with Gasteiger partial charge in [-0.05, 0) is 67.1 Å². The second kappa shape index (κ2) is 8.29. The van der Waals surface area contributed by atoms with Crippen LogP contribution in [0.3, 0.4) is 0 Å². The molecule has 9 heteroatoms. The van der Waals surface area contributed by atoms with Crippen molar-refractivity contribution in [2.24, 2.45) is 0 Å². The van der Waals surface area contributed by atoms with Gasteiger partial charge in [0.05, 0.1) is 16.7 Å². The fraction of sp³-hybridized carbons (Fsp3) is 0.0588. The summed E-state index contributed by atoms with van der Waals surface area (Å²) in [5.41, 5.74) is 3.25. The standard InChI is InChI=1S/C34H22O9/c1-15-9-21-29-25(39)10-17(26-11-16-3-2-4-23(37)33(16)41-26)12-28(29)43-34(22-8-6-18(35)13-24(22)38)31(21)30(32(15)40)20-7-5-19(36)14-27(20)42-34/h2-14,35-40H,1H3. The van der Waals surface area contributed by atoms with Gasteiger partial charge in [-0.1, -0.05) is 12.1 Å². The van der Waals surface area contributed by atoms with Crippen LogP contribution in [-0.2, 0) is 5.79 Å². The molecule has 1 aromatic heterocycles. The zero-order valence-electron chi connectivity index (χ0n) is 22.4. The molecular weight excluding hydrogens is 552 g/mol. The highest BCUT2D eigenvalue weighted by molar-refractivity contribution is 5.95. The third-order valence-corrected chi connectivity index (χ3v) is 8.06. The van der Waals surface area contributed by atoms with Crippen molar-refractivity contribution in [1.82, 2.24) is 0 Å². The Bertz CT molecular complexity index is 2180. The normalized spacial score (nSPS) is 16.1. The molecule has 8 rings (SSSR count). The largest absolute Gasteiger partial charge is 0.508 e. The Hall–Kier alpha value is -5.96. The molecule has 6 aromatic rings. The number of phenols is 6. The van der Waals surface area contributed by atoms with Gasteiger partial charge >= 0.3 is 5.79 Å². The summed E-state index contributed by atoms with van der Waals surface area (Å²) < 4.78 is 19.1. The van der Waals surface area contributed by atoms with Crippen molar-refractivity contribution in [2.45, 2.75) is 12.7 Å². The highest BCUT2D eigenvalue weighted by Gasteiger charge is 2.53. The van der Waals surface area contributed by atoms with Crippen molar-refractivity contribution < 1.29 is 44.5 Å². The van der Waals surface area contributed by atoms with E-state index in [1.54, 1.807) is 43.3 Å². The number of hydrogen-bond acceptors (Lipinski definition) is 9. The molecule has 0 aliphatic carbocycles. The molecule has 212 valence electrons. The number of hydrogen-bond donors (Lipinski definition) is 6. The predicted octanol–water partition coefficient (Wildman–Crippen LogP) is 6.96. The number of ether oxygens (including phenoxy) is 2. The highest BCUT2D eigenvalue weighted by atomic mass is 16.7. The Kier molecular flexibility index (Phi) is 4.78. The molecule has 0 fully saturated rings. The molecule has 2 aliphatic rings. The van der Waals surface area contributed by atoms with E-state index in [9.17, 15) is 30.6 Å². The molecule has 0 saturated heterocycles. The second-order valence-electron chi connectivity index (χ2n) is 10.7. The van der Waals surface area contributed by atoms with Crippen molar-refractivity contribution in [3.05, 3.63) is 95.6 Å². The maximum Gasteiger partial charge on any atom is 0.310 e. The van der Waals surface area contributed by atoms with Gasteiger partial charge in [-0.15, -0.1) is 0 Å². The predicted molar refractivity (Wildman–Crippen MR) is 156 cm³/mol. The molecule has 1 unspecified atom stereocenters. The van der Waals surface area contributed by atoms with Gasteiger partial charge in [-0.25, -0.2) is 0 Å². The van der Waals surface area contributed by atoms with Crippen LogP contribution in [0.25, 0.3) is 44.5 Å². The zero-order chi connectivity index (χ0) is 29.8. The zero-order valence-corrected chi connectivity index (χ0v) is 22.4. The molecular formula is C34H22O9. The van der Waals surface area contributed by atoms with Gasteiger partial charge in [0.2, 0.25) is 0 Å². The minimum atomic E-state index is -1.93. The first kappa shape index (κ1) is 24.8. The summed E-state index contributed by atoms with van der Waals surface area (Å²) in [5.74, 6) is -2.12. The molecule has 2 aliphatic heterocycles. The summed E-state index contributed by atoms with van der Waals surface area (Å²) in [6.45, 7) is 1.72. The van der Waals surface area contributed by atoms with E-state index in [1.165, 1.54) is 36.4 Å². The van der Waals surface area contributed by atoms with Crippen LogP contribution in [0, 0.1) is 6.92 Å². The quantitative estimate of drug-likeness (QED) is 0.129. The lowest BCUT2D eigenvalue weighted by atomic mass is 9.78. The average molecular weight is 575 g/mol. The average Bonchev–Trinajstić information content (AvgIpc) is 3.40. The molecule has 5 aromatic carbocycles. The topological polar surface area (TPSA) is 153 Å². The van der Waals surface area contributed by atoms with Crippen LogP contribution in [0.2, 0.25) is 0 Å². The van der Waals surface area contributed by atoms with Crippen LogP contribution < -0.4 is 9.47 Å². The summed E-state index contributed by atoms with van der Waals surface area (Å²) in [4.78, 5) is 0. The van der Waals surface area contributed by atoms with Crippen LogP contribution >= 0.6 is 0 Å². The van der Waals surface area contributed by atoms with Crippen LogP contribution in [0.15, 0.2) is 83.3 Å². The van der Waals surface area contributed by atoms with Crippen LogP contribution in [-0.4, -0.2) is 30.6 Å². The minimum Gasteiger partial charge on any atom is -0.508 e. The third-order valence-electron chi connectivity index (χ3n) is 8.06. The molecule has 1 atom stereocenters. The van der Waals surface area contributed by atoms with E-state index in [0.29, 0.717) is 50.1 Å². The van der Waals surface area contributed by atoms with Gasteiger partial charge in [0.25, 0.3) is 0 Å². The highest BCUT2D eigenvalue weighted by Crippen LogP contribution is 2.62. The lowest BCUT2D eigenvalue weighted by Crippen LogP contribution is -2.45. The number of benzene rings is 5. The van der Waals surface area contributed by atoms with Crippen molar-refractivity contribution in [3.63, 3.8) is 0 Å². The first-order valence-electron chi connectivity index (χ1n) is 13.3. The fourth-order valence-corrected chi connectivity index (χ4v) is 6.17. The van der Waals surface area contributed by atoms with Crippen molar-refractivity contribution in [2.75, 3.05) is 0 Å². The number of rotatable bonds is 2. The van der Waals surface area contributed by atoms with Crippen molar-refractivity contribution in [1.29, 1.82) is 0 Å². The van der Waals surface area contributed by atoms with Crippen molar-refractivity contribution >= 4 is 11.0 Å². The van der Waals surface area contributed by atoms with Gasteiger partial charge in [0.1, 0.15) is 46.0 Å². The molecule has 0 bridgehead atoms. The molecule has 43 heavy (non-hydrogen) atoms. The van der Waals surface area contributed by atoms with Crippen LogP contribution in [0.5, 0.6) is 46.0 Å². The second-order valence-corrected chi connectivity index (χ2v) is 10.7. The summed E-state index contributed by atoms with van der Waals surface area (Å²) in [5, 5.41) is 65.4. The Labute approximate surface area is 243 Å². The molecule has 0 saturated carbocycles. The minimum absolute atomic E-state index is 0.0294. The monoisotopic (exact) mass is 574 g/mol. The molecule has 9 nitrogen and oxygen atoms in total. The number of aryl methyl sites for hydroxylation is 1. The summed E-state index contributed by atoms with van der Waals surface area (Å²) in [7, 11) is 0. The lowest BCUT2D eigenvalue weighted by Gasteiger charge is -2.44. The van der Waals surface area contributed by atoms with E-state index in [2.05, 4.69) is 0 Å². The van der Waals surface area contributed by atoms with Gasteiger partial charge < -0.3 is 44.5 Å². The number of para-hydroxylation sites is 1. The summed E-state index contributed by atoms with van der Waals surface area (Å²) >= 11 is 0. The Morgan fingerprint density at radius 3 is 2.19 bits per heavy atom. The SMILES string of the molecule is Cc1cc2c3c(c1O)-c1ccc(O)cc1OC3(c1ccc(O)cc1O)Oc1cc(-c3cc4cccc(O)c4o3)cc(O)c1-2. The van der Waals surface area contributed by atoms with E-state index in [0.717, 1.165) is 6.07 Å². The van der Waals surface area contributed by atoms with Gasteiger partial charge in [-0.3, -0.25) is 0 Å². The maximum absolute atomic E-state index is 11.5. The van der Waals surface area contributed by atoms with E-state index in [4.69, 9.17) is 13.9 Å². The lowest BCUT2D eigenvalue weighted by molar-refractivity contribution is -0.0894. The summed E-state index contributed by atoms with van der Waals surface area (Å²) in [6.07, 6.45) is 0. The number of aromatic hydroxyl groups is 6. The van der Waals surface area contributed by atoms with E-state index < -0.39 is 5.79 Å². The van der Waals surface area contributed by atoms with Crippen LogP contribution in [0.4, 0.5) is 0 Å². The van der Waals surface area contributed by atoms with Gasteiger partial charge in [0, 0.05) is 39.8 Å². The Morgan fingerprint density at radius 1 is 0.628 bits per heavy atom. The molecule has 0 radical (unpaired) electrons. The Balaban J connectivity index is 1.46. The fourth-order valence-electron chi connectivity index (χ4n) is 6.17. The maximum atomic E-state index is 11.5. The number of fused-ring (bicyclic) bond motifs is 5. The number of furan rings is 1. The smallest absolute Gasteiger partial charge is 0.310 e. The third kappa shape index (κ3) is 3.33. The first-order valence-corrected chi connectivity index (χ1v) is 13.3. The molecule has 3 heterocycles. The van der Waals surface area contributed by atoms with E-state index >= 15 is 0 Å². The van der Waals surface area contributed by atoms with Gasteiger partial charge in [-0.2, -0.15) is 0 Å².